The smallest absolute Gasteiger partial charge is 0.204 e. The third-order valence-electron chi connectivity index (χ3n) is 2.75. The monoisotopic (exact) mass is 258 g/mol. The second-order valence-corrected chi connectivity index (χ2v) is 4.07. The Morgan fingerprint density at radius 1 is 1.16 bits per heavy atom. The Bertz CT molecular complexity index is 557. The molecular weight excluding hydrogens is 240 g/mol. The van der Waals surface area contributed by atoms with Gasteiger partial charge in [0, 0.05) is 12.2 Å². The van der Waals surface area contributed by atoms with Crippen molar-refractivity contribution in [2.75, 3.05) is 24.3 Å². The Hall–Kier alpha value is -2.30. The maximum atomic E-state index is 5.39. The SMILES string of the molecule is CCNc1ncnc(Nc2ccccc2C)c1OC. The Balaban J connectivity index is 2.35. The van der Waals surface area contributed by atoms with E-state index in [1.807, 2.05) is 38.1 Å². The fourth-order valence-corrected chi connectivity index (χ4v) is 1.79. The van der Waals surface area contributed by atoms with Gasteiger partial charge in [-0.05, 0) is 25.5 Å². The summed E-state index contributed by atoms with van der Waals surface area (Å²) >= 11 is 0. The van der Waals surface area contributed by atoms with Crippen LogP contribution in [0.15, 0.2) is 30.6 Å². The summed E-state index contributed by atoms with van der Waals surface area (Å²) in [6.45, 7) is 4.83. The number of hydrogen-bond acceptors (Lipinski definition) is 5. The van der Waals surface area contributed by atoms with Crippen molar-refractivity contribution < 1.29 is 4.74 Å². The lowest BCUT2D eigenvalue weighted by atomic mass is 10.2. The highest BCUT2D eigenvalue weighted by Crippen LogP contribution is 2.31. The minimum absolute atomic E-state index is 0.618. The van der Waals surface area contributed by atoms with E-state index in [0.717, 1.165) is 17.8 Å². The lowest BCUT2D eigenvalue weighted by molar-refractivity contribution is 0.415. The molecule has 0 unspecified atom stereocenters. The lowest BCUT2D eigenvalue weighted by Crippen LogP contribution is -2.06. The molecule has 0 aliphatic carbocycles. The third kappa shape index (κ3) is 2.93. The molecule has 19 heavy (non-hydrogen) atoms. The van der Waals surface area contributed by atoms with Crippen LogP contribution in [0.3, 0.4) is 0 Å². The van der Waals surface area contributed by atoms with Gasteiger partial charge in [0.05, 0.1) is 7.11 Å². The van der Waals surface area contributed by atoms with E-state index in [-0.39, 0.29) is 0 Å². The first kappa shape index (κ1) is 13.1. The molecule has 0 saturated heterocycles. The van der Waals surface area contributed by atoms with Crippen molar-refractivity contribution >= 4 is 17.3 Å². The molecule has 0 radical (unpaired) electrons. The van der Waals surface area contributed by atoms with E-state index in [9.17, 15) is 0 Å². The van der Waals surface area contributed by atoms with Crippen LogP contribution >= 0.6 is 0 Å². The number of aromatic nitrogens is 2. The van der Waals surface area contributed by atoms with Crippen LogP contribution in [0.2, 0.25) is 0 Å². The van der Waals surface area contributed by atoms with Crippen LogP contribution in [0.4, 0.5) is 17.3 Å². The Labute approximate surface area is 113 Å². The van der Waals surface area contributed by atoms with Crippen molar-refractivity contribution in [1.82, 2.24) is 9.97 Å². The number of aryl methyl sites for hydroxylation is 1. The number of para-hydroxylation sites is 1. The number of anilines is 3. The van der Waals surface area contributed by atoms with Crippen LogP contribution in [0.5, 0.6) is 5.75 Å². The van der Waals surface area contributed by atoms with E-state index in [4.69, 9.17) is 4.74 Å². The fraction of sp³-hybridized carbons (Fsp3) is 0.286. The molecule has 0 saturated carbocycles. The van der Waals surface area contributed by atoms with Crippen molar-refractivity contribution in [2.45, 2.75) is 13.8 Å². The second-order valence-electron chi connectivity index (χ2n) is 4.07. The highest BCUT2D eigenvalue weighted by molar-refractivity contribution is 5.70. The molecule has 100 valence electrons. The van der Waals surface area contributed by atoms with Gasteiger partial charge in [-0.25, -0.2) is 9.97 Å². The molecular formula is C14H18N4O. The van der Waals surface area contributed by atoms with Gasteiger partial charge >= 0.3 is 0 Å². The Kier molecular flexibility index (Phi) is 4.18. The molecule has 0 bridgehead atoms. The number of nitrogens with zero attached hydrogens (tertiary/aromatic N) is 2. The molecule has 0 atom stereocenters. The highest BCUT2D eigenvalue weighted by atomic mass is 16.5. The fourth-order valence-electron chi connectivity index (χ4n) is 1.79. The maximum absolute atomic E-state index is 5.39. The first-order valence-corrected chi connectivity index (χ1v) is 6.21. The highest BCUT2D eigenvalue weighted by Gasteiger charge is 2.12. The van der Waals surface area contributed by atoms with E-state index >= 15 is 0 Å². The molecule has 0 spiro atoms. The van der Waals surface area contributed by atoms with E-state index in [0.29, 0.717) is 17.4 Å². The van der Waals surface area contributed by atoms with Gasteiger partial charge in [0.1, 0.15) is 6.33 Å². The summed E-state index contributed by atoms with van der Waals surface area (Å²) in [7, 11) is 1.61. The van der Waals surface area contributed by atoms with E-state index in [1.54, 1.807) is 7.11 Å². The molecule has 5 nitrogen and oxygen atoms in total. The number of ether oxygens (including phenoxy) is 1. The van der Waals surface area contributed by atoms with Crippen molar-refractivity contribution in [3.63, 3.8) is 0 Å². The summed E-state index contributed by atoms with van der Waals surface area (Å²) in [6.07, 6.45) is 1.52. The molecule has 0 aliphatic rings. The summed E-state index contributed by atoms with van der Waals surface area (Å²) in [4.78, 5) is 8.42. The molecule has 2 N–H and O–H groups in total. The van der Waals surface area contributed by atoms with Crippen LogP contribution in [-0.2, 0) is 0 Å². The van der Waals surface area contributed by atoms with E-state index in [1.165, 1.54) is 6.33 Å². The molecule has 5 heteroatoms. The number of methoxy groups -OCH3 is 1. The van der Waals surface area contributed by atoms with Gasteiger partial charge in [-0.2, -0.15) is 0 Å². The number of benzene rings is 1. The zero-order valence-electron chi connectivity index (χ0n) is 11.4. The molecule has 1 aromatic carbocycles. The third-order valence-corrected chi connectivity index (χ3v) is 2.75. The molecule has 2 rings (SSSR count). The van der Waals surface area contributed by atoms with Gasteiger partial charge in [0.15, 0.2) is 11.6 Å². The normalized spacial score (nSPS) is 10.1. The molecule has 0 aliphatic heterocycles. The summed E-state index contributed by atoms with van der Waals surface area (Å²) in [6, 6.07) is 8.03. The maximum Gasteiger partial charge on any atom is 0.204 e. The average Bonchev–Trinajstić information content (AvgIpc) is 2.42. The summed E-state index contributed by atoms with van der Waals surface area (Å²) in [5.74, 6) is 1.96. The van der Waals surface area contributed by atoms with Gasteiger partial charge in [0.2, 0.25) is 5.75 Å². The molecule has 0 fully saturated rings. The second kappa shape index (κ2) is 6.04. The van der Waals surface area contributed by atoms with Gasteiger partial charge in [-0.15, -0.1) is 0 Å². The van der Waals surface area contributed by atoms with Gasteiger partial charge in [-0.3, -0.25) is 0 Å². The van der Waals surface area contributed by atoms with Crippen LogP contribution < -0.4 is 15.4 Å². The van der Waals surface area contributed by atoms with Crippen LogP contribution in [0, 0.1) is 6.92 Å². The zero-order chi connectivity index (χ0) is 13.7. The van der Waals surface area contributed by atoms with Crippen LogP contribution in [0.25, 0.3) is 0 Å². The van der Waals surface area contributed by atoms with Crippen molar-refractivity contribution in [3.8, 4) is 5.75 Å². The van der Waals surface area contributed by atoms with Crippen LogP contribution in [-0.4, -0.2) is 23.6 Å². The van der Waals surface area contributed by atoms with Crippen molar-refractivity contribution in [2.24, 2.45) is 0 Å². The van der Waals surface area contributed by atoms with Gasteiger partial charge in [0.25, 0.3) is 0 Å². The number of rotatable bonds is 5. The van der Waals surface area contributed by atoms with Crippen molar-refractivity contribution in [1.29, 1.82) is 0 Å². The molecule has 1 aromatic heterocycles. The number of hydrogen-bond donors (Lipinski definition) is 2. The predicted molar refractivity (Wildman–Crippen MR) is 77.2 cm³/mol. The number of nitrogens with one attached hydrogen (secondary N) is 2. The van der Waals surface area contributed by atoms with Gasteiger partial charge in [-0.1, -0.05) is 18.2 Å². The average molecular weight is 258 g/mol. The first-order chi connectivity index (χ1) is 9.26. The summed E-state index contributed by atoms with van der Waals surface area (Å²) in [5.41, 5.74) is 2.15. The quantitative estimate of drug-likeness (QED) is 0.863. The lowest BCUT2D eigenvalue weighted by Gasteiger charge is -2.14. The zero-order valence-corrected chi connectivity index (χ0v) is 11.4. The summed E-state index contributed by atoms with van der Waals surface area (Å²) in [5, 5.41) is 6.43. The van der Waals surface area contributed by atoms with Crippen molar-refractivity contribution in [3.05, 3.63) is 36.2 Å². The topological polar surface area (TPSA) is 59.1 Å². The standard InChI is InChI=1S/C14H18N4O/c1-4-15-13-12(19-3)14(17-9-16-13)18-11-8-6-5-7-10(11)2/h5-9H,4H2,1-3H3,(H2,15,16,17,18). The molecule has 2 aromatic rings. The molecule has 0 amide bonds. The minimum atomic E-state index is 0.618. The first-order valence-electron chi connectivity index (χ1n) is 6.21. The molecule has 1 heterocycles. The minimum Gasteiger partial charge on any atom is -0.490 e. The van der Waals surface area contributed by atoms with Crippen LogP contribution in [0.1, 0.15) is 12.5 Å². The predicted octanol–water partition coefficient (Wildman–Crippen LogP) is 2.97. The Morgan fingerprint density at radius 2 is 1.89 bits per heavy atom. The largest absolute Gasteiger partial charge is 0.490 e. The summed E-state index contributed by atoms with van der Waals surface area (Å²) < 4.78 is 5.39. The Morgan fingerprint density at radius 3 is 2.58 bits per heavy atom. The van der Waals surface area contributed by atoms with E-state index in [2.05, 4.69) is 20.6 Å². The van der Waals surface area contributed by atoms with Gasteiger partial charge < -0.3 is 15.4 Å². The van der Waals surface area contributed by atoms with E-state index < -0.39 is 0 Å².